The second-order valence-electron chi connectivity index (χ2n) is 2.38. The highest BCUT2D eigenvalue weighted by atomic mass is 32.2. The summed E-state index contributed by atoms with van der Waals surface area (Å²) in [5.74, 6) is -0.764. The maximum Gasteiger partial charge on any atom is 0.362 e. The van der Waals surface area contributed by atoms with E-state index in [1.165, 1.54) is 6.92 Å². The highest BCUT2D eigenvalue weighted by molar-refractivity contribution is 7.84. The Morgan fingerprint density at radius 2 is 2.09 bits per heavy atom. The first-order valence-corrected chi connectivity index (χ1v) is 4.31. The summed E-state index contributed by atoms with van der Waals surface area (Å²) in [5, 5.41) is 0. The molecule has 0 aromatic heterocycles. The van der Waals surface area contributed by atoms with Crippen LogP contribution in [0.15, 0.2) is 0 Å². The van der Waals surface area contributed by atoms with E-state index in [-0.39, 0.29) is 0 Å². The van der Waals surface area contributed by atoms with Crippen molar-refractivity contribution in [2.24, 2.45) is 5.73 Å². The molecule has 1 rings (SSSR count). The van der Waals surface area contributed by atoms with Crippen LogP contribution >= 0.6 is 0 Å². The quantitative estimate of drug-likeness (QED) is 0.372. The van der Waals surface area contributed by atoms with E-state index in [0.717, 1.165) is 0 Å². The predicted octanol–water partition coefficient (Wildman–Crippen LogP) is -1.65. The smallest absolute Gasteiger partial charge is 0.318 e. The molecule has 7 heteroatoms. The summed E-state index contributed by atoms with van der Waals surface area (Å²) in [6.45, 7) is 1.44. The maximum absolute atomic E-state index is 10.7. The third kappa shape index (κ3) is 1.10. The monoisotopic (exact) mass is 180 g/mol. The van der Waals surface area contributed by atoms with Crippen LogP contribution in [0.5, 0.6) is 0 Å². The fraction of sp³-hybridized carbons (Fsp3) is 0.750. The van der Waals surface area contributed by atoms with Crippen LogP contribution in [-0.2, 0) is 15.1 Å². The van der Waals surface area contributed by atoms with E-state index in [1.807, 2.05) is 0 Å². The minimum Gasteiger partial charge on any atom is -0.318 e. The Morgan fingerprint density at radius 1 is 1.64 bits per heavy atom. The van der Waals surface area contributed by atoms with Gasteiger partial charge in [0.1, 0.15) is 6.04 Å². The highest BCUT2D eigenvalue weighted by Gasteiger charge is 2.48. The zero-order valence-electron chi connectivity index (χ0n) is 5.76. The van der Waals surface area contributed by atoms with Crippen molar-refractivity contribution >= 4 is 16.2 Å². The van der Waals surface area contributed by atoms with Gasteiger partial charge in [0.25, 0.3) is 5.91 Å². The van der Waals surface area contributed by atoms with Gasteiger partial charge in [-0.1, -0.05) is 0 Å². The van der Waals surface area contributed by atoms with Crippen molar-refractivity contribution < 1.29 is 17.8 Å². The Morgan fingerprint density at radius 3 is 2.27 bits per heavy atom. The first-order chi connectivity index (χ1) is 4.85. The molecule has 1 aliphatic rings. The molecule has 1 aliphatic heterocycles. The number of nitrogens with zero attached hydrogens (tertiary/aromatic N) is 1. The molecule has 0 radical (unpaired) electrons. The van der Waals surface area contributed by atoms with Crippen LogP contribution in [0, 0.1) is 0 Å². The van der Waals surface area contributed by atoms with Gasteiger partial charge in [0.05, 0.1) is 6.04 Å². The third-order valence-corrected chi connectivity index (χ3v) is 2.65. The number of β-lactam (4-membered cyclic amide) rings is 1. The van der Waals surface area contributed by atoms with Crippen molar-refractivity contribution in [1.29, 1.82) is 0 Å². The molecule has 11 heavy (non-hydrogen) atoms. The van der Waals surface area contributed by atoms with Gasteiger partial charge in [-0.05, 0) is 6.92 Å². The summed E-state index contributed by atoms with van der Waals surface area (Å²) in [4.78, 5) is 10.7. The van der Waals surface area contributed by atoms with E-state index in [4.69, 9.17) is 10.3 Å². The van der Waals surface area contributed by atoms with Crippen LogP contribution in [0.2, 0.25) is 0 Å². The molecule has 6 nitrogen and oxygen atoms in total. The van der Waals surface area contributed by atoms with Crippen molar-refractivity contribution in [1.82, 2.24) is 4.31 Å². The van der Waals surface area contributed by atoms with Crippen molar-refractivity contribution in [2.75, 3.05) is 0 Å². The van der Waals surface area contributed by atoms with Gasteiger partial charge in [0, 0.05) is 0 Å². The summed E-state index contributed by atoms with van der Waals surface area (Å²) >= 11 is 0. The zero-order valence-corrected chi connectivity index (χ0v) is 6.58. The first-order valence-electron chi connectivity index (χ1n) is 2.92. The molecule has 0 saturated carbocycles. The Bertz CT molecular complexity index is 284. The van der Waals surface area contributed by atoms with E-state index in [9.17, 15) is 13.2 Å². The zero-order chi connectivity index (χ0) is 8.81. The number of nitrogens with two attached hydrogens (primary N) is 1. The standard InChI is InChI=1S/C4H8N2O4S/c1-2-3(5)4(7)6(2)11(8,9)10/h2-3H,5H2,1H3,(H,8,9,10)/t2-,3?/m0/s1. The van der Waals surface area contributed by atoms with Crippen molar-refractivity contribution in [3.05, 3.63) is 0 Å². The van der Waals surface area contributed by atoms with Crippen molar-refractivity contribution in [3.8, 4) is 0 Å². The maximum atomic E-state index is 10.7. The fourth-order valence-corrected chi connectivity index (χ4v) is 1.84. The second kappa shape index (κ2) is 2.16. The molecule has 2 atom stereocenters. The molecule has 1 amide bonds. The molecule has 0 bridgehead atoms. The Hall–Kier alpha value is -0.660. The number of carbonyl (C=O) groups excluding carboxylic acids is 1. The van der Waals surface area contributed by atoms with Crippen LogP contribution in [0.1, 0.15) is 6.92 Å². The minimum absolute atomic E-state index is 0.359. The summed E-state index contributed by atoms with van der Waals surface area (Å²) in [6.07, 6.45) is 0. The van der Waals surface area contributed by atoms with E-state index in [2.05, 4.69) is 0 Å². The predicted molar refractivity (Wildman–Crippen MR) is 35.8 cm³/mol. The largest absolute Gasteiger partial charge is 0.362 e. The number of hydrogen-bond acceptors (Lipinski definition) is 4. The fourth-order valence-electron chi connectivity index (χ4n) is 0.942. The molecule has 1 heterocycles. The SMILES string of the molecule is C[C@H]1C(N)C(=O)N1S(=O)(=O)O. The normalized spacial score (nSPS) is 31.9. The van der Waals surface area contributed by atoms with Gasteiger partial charge in [0.2, 0.25) is 0 Å². The Balaban J connectivity index is 2.88. The molecule has 0 aromatic rings. The lowest BCUT2D eigenvalue weighted by Gasteiger charge is -2.39. The molecule has 0 spiro atoms. The van der Waals surface area contributed by atoms with Gasteiger partial charge >= 0.3 is 10.3 Å². The highest BCUT2D eigenvalue weighted by Crippen LogP contribution is 2.20. The molecular formula is C4H8N2O4S. The van der Waals surface area contributed by atoms with Gasteiger partial charge in [-0.3, -0.25) is 9.35 Å². The Labute approximate surface area is 63.9 Å². The average molecular weight is 180 g/mol. The first kappa shape index (κ1) is 8.44. The van der Waals surface area contributed by atoms with Crippen LogP contribution in [0.25, 0.3) is 0 Å². The van der Waals surface area contributed by atoms with Gasteiger partial charge in [0.15, 0.2) is 0 Å². The van der Waals surface area contributed by atoms with E-state index < -0.39 is 28.3 Å². The molecular weight excluding hydrogens is 172 g/mol. The van der Waals surface area contributed by atoms with Crippen molar-refractivity contribution in [2.45, 2.75) is 19.0 Å². The average Bonchev–Trinajstić information content (AvgIpc) is 1.85. The van der Waals surface area contributed by atoms with E-state index in [0.29, 0.717) is 4.31 Å². The lowest BCUT2D eigenvalue weighted by atomic mass is 10.0. The molecule has 1 unspecified atom stereocenters. The lowest BCUT2D eigenvalue weighted by Crippen LogP contribution is -2.68. The van der Waals surface area contributed by atoms with Crippen LogP contribution < -0.4 is 5.73 Å². The molecule has 1 fully saturated rings. The number of carbonyl (C=O) groups is 1. The molecule has 3 N–H and O–H groups in total. The summed E-state index contributed by atoms with van der Waals surface area (Å²) < 4.78 is 29.5. The van der Waals surface area contributed by atoms with Gasteiger partial charge < -0.3 is 5.73 Å². The van der Waals surface area contributed by atoms with Gasteiger partial charge in [-0.15, -0.1) is 0 Å². The van der Waals surface area contributed by atoms with Crippen molar-refractivity contribution in [3.63, 3.8) is 0 Å². The molecule has 64 valence electrons. The minimum atomic E-state index is -4.39. The van der Waals surface area contributed by atoms with E-state index >= 15 is 0 Å². The topological polar surface area (TPSA) is 101 Å². The van der Waals surface area contributed by atoms with Crippen LogP contribution in [-0.4, -0.2) is 35.3 Å². The molecule has 0 aromatic carbocycles. The summed E-state index contributed by atoms with van der Waals surface area (Å²) in [7, 11) is -4.39. The van der Waals surface area contributed by atoms with Crippen LogP contribution in [0.3, 0.4) is 0 Å². The number of rotatable bonds is 1. The van der Waals surface area contributed by atoms with E-state index in [1.54, 1.807) is 0 Å². The Kier molecular flexibility index (Phi) is 1.66. The third-order valence-electron chi connectivity index (χ3n) is 1.64. The number of hydrogen-bond donors (Lipinski definition) is 2. The van der Waals surface area contributed by atoms with Crippen LogP contribution in [0.4, 0.5) is 0 Å². The summed E-state index contributed by atoms with van der Waals surface area (Å²) in [5.41, 5.74) is 5.19. The summed E-state index contributed by atoms with van der Waals surface area (Å²) in [6, 6.07) is -1.45. The van der Waals surface area contributed by atoms with Gasteiger partial charge in [-0.2, -0.15) is 8.42 Å². The lowest BCUT2D eigenvalue weighted by molar-refractivity contribution is -0.139. The van der Waals surface area contributed by atoms with Gasteiger partial charge in [-0.25, -0.2) is 4.31 Å². The second-order valence-corrected chi connectivity index (χ2v) is 3.67. The molecule has 0 aliphatic carbocycles. The number of amides is 1. The molecule has 1 saturated heterocycles.